The molecule has 1 aliphatic rings. The number of anilines is 2. The first-order valence-electron chi connectivity index (χ1n) is 13.3. The van der Waals surface area contributed by atoms with Crippen LogP contribution in [-0.2, 0) is 14.1 Å². The lowest BCUT2D eigenvalue weighted by Crippen LogP contribution is -2.44. The van der Waals surface area contributed by atoms with Crippen LogP contribution in [0.25, 0.3) is 45.0 Å². The second kappa shape index (κ2) is 9.38. The Hall–Kier alpha value is -4.90. The highest BCUT2D eigenvalue weighted by Crippen LogP contribution is 2.29. The van der Waals surface area contributed by atoms with Crippen molar-refractivity contribution in [3.05, 3.63) is 66.9 Å². The Labute approximate surface area is 230 Å². The number of H-pyrrole nitrogens is 2. The van der Waals surface area contributed by atoms with Gasteiger partial charge in [-0.25, -0.2) is 15.0 Å². The van der Waals surface area contributed by atoms with Crippen molar-refractivity contribution < 1.29 is 4.79 Å². The number of aromatic nitrogens is 7. The van der Waals surface area contributed by atoms with Crippen LogP contribution < -0.4 is 10.2 Å². The third-order valence-corrected chi connectivity index (χ3v) is 7.62. The van der Waals surface area contributed by atoms with Crippen molar-refractivity contribution in [1.29, 1.82) is 0 Å². The minimum absolute atomic E-state index is 0.264. The van der Waals surface area contributed by atoms with Gasteiger partial charge in [-0.3, -0.25) is 4.79 Å². The first-order valence-corrected chi connectivity index (χ1v) is 13.3. The second-order valence-corrected chi connectivity index (χ2v) is 10.4. The highest BCUT2D eigenvalue weighted by Gasteiger charge is 2.17. The number of piperazine rings is 1. The fraction of sp³-hybridized carbons (Fsp3) is 0.241. The number of nitrogens with one attached hydrogen (secondary N) is 3. The molecule has 0 aliphatic carbocycles. The lowest BCUT2D eigenvalue weighted by Gasteiger charge is -2.34. The molecule has 1 aliphatic heterocycles. The van der Waals surface area contributed by atoms with Crippen LogP contribution in [0.1, 0.15) is 10.6 Å². The fourth-order valence-corrected chi connectivity index (χ4v) is 5.31. The van der Waals surface area contributed by atoms with E-state index in [-0.39, 0.29) is 5.91 Å². The maximum atomic E-state index is 12.6. The summed E-state index contributed by atoms with van der Waals surface area (Å²) >= 11 is 0. The zero-order valence-electron chi connectivity index (χ0n) is 22.6. The molecule has 1 amide bonds. The van der Waals surface area contributed by atoms with E-state index in [4.69, 9.17) is 9.97 Å². The Kier molecular flexibility index (Phi) is 5.67. The molecule has 0 radical (unpaired) electrons. The number of rotatable bonds is 5. The van der Waals surface area contributed by atoms with Gasteiger partial charge >= 0.3 is 0 Å². The van der Waals surface area contributed by atoms with E-state index in [1.54, 1.807) is 24.0 Å². The smallest absolute Gasteiger partial charge is 0.291 e. The monoisotopic (exact) mass is 534 g/mol. The van der Waals surface area contributed by atoms with E-state index >= 15 is 0 Å². The molecule has 202 valence electrons. The van der Waals surface area contributed by atoms with Gasteiger partial charge in [-0.15, -0.1) is 0 Å². The number of hydrogen-bond acceptors (Lipinski definition) is 6. The van der Waals surface area contributed by atoms with Crippen molar-refractivity contribution >= 4 is 39.3 Å². The number of nitrogens with zero attached hydrogens (tertiary/aromatic N) is 7. The number of imidazole rings is 3. The van der Waals surface area contributed by atoms with Crippen molar-refractivity contribution in [3.63, 3.8) is 0 Å². The number of aromatic amines is 2. The summed E-state index contributed by atoms with van der Waals surface area (Å²) in [6.07, 6.45) is 5.20. The number of amides is 1. The number of likely N-dealkylation sites (N-methyl/N-ethyl adjacent to an activating group) is 1. The van der Waals surface area contributed by atoms with Crippen LogP contribution in [0.3, 0.4) is 0 Å². The molecule has 0 spiro atoms. The molecule has 40 heavy (non-hydrogen) atoms. The zero-order chi connectivity index (χ0) is 27.4. The van der Waals surface area contributed by atoms with Crippen LogP contribution in [-0.4, -0.2) is 78.1 Å². The van der Waals surface area contributed by atoms with Crippen LogP contribution in [0.2, 0.25) is 0 Å². The van der Waals surface area contributed by atoms with Gasteiger partial charge in [0, 0.05) is 70.1 Å². The number of hydrogen-bond donors (Lipinski definition) is 3. The van der Waals surface area contributed by atoms with Gasteiger partial charge in [0.05, 0.1) is 33.4 Å². The average Bonchev–Trinajstić information content (AvgIpc) is 3.73. The summed E-state index contributed by atoms with van der Waals surface area (Å²) in [6, 6.07) is 14.5. The molecule has 3 N–H and O–H groups in total. The lowest BCUT2D eigenvalue weighted by atomic mass is 10.2. The SMILES string of the molecule is CN1CCN(c2ccc3nc(-c4ccc5nc(-c6cc(NC(=O)c7nccn7C)cn6C)[nH]c5c4)[nH]c3c2)CC1. The van der Waals surface area contributed by atoms with E-state index in [9.17, 15) is 4.79 Å². The topological polar surface area (TPSA) is 116 Å². The molecule has 0 atom stereocenters. The molecular formula is C29H30N10O. The van der Waals surface area contributed by atoms with Gasteiger partial charge in [0.15, 0.2) is 11.6 Å². The zero-order valence-corrected chi connectivity index (χ0v) is 22.6. The standard InChI is InChI=1S/C29H30N10O/c1-36-10-12-39(13-11-36)20-5-7-22-24(16-20)34-26(32-22)18-4-6-21-23(14-18)35-27(33-21)25-15-19(17-38(25)3)31-29(40)28-30-8-9-37(28)2/h4-9,14-17H,10-13H2,1-3H3,(H,31,40)(H,32,34)(H,33,35). The van der Waals surface area contributed by atoms with E-state index < -0.39 is 0 Å². The van der Waals surface area contributed by atoms with Crippen LogP contribution in [0.15, 0.2) is 61.1 Å². The van der Waals surface area contributed by atoms with Crippen molar-refractivity contribution in [1.82, 2.24) is 39.0 Å². The van der Waals surface area contributed by atoms with Gasteiger partial charge in [-0.2, -0.15) is 0 Å². The highest BCUT2D eigenvalue weighted by atomic mass is 16.2. The summed E-state index contributed by atoms with van der Waals surface area (Å²) in [4.78, 5) is 38.1. The van der Waals surface area contributed by atoms with Crippen LogP contribution >= 0.6 is 0 Å². The molecule has 7 rings (SSSR count). The number of aryl methyl sites for hydroxylation is 2. The molecule has 11 heteroatoms. The third-order valence-electron chi connectivity index (χ3n) is 7.62. The van der Waals surface area contributed by atoms with Gasteiger partial charge in [0.25, 0.3) is 5.91 Å². The van der Waals surface area contributed by atoms with Crippen LogP contribution in [0, 0.1) is 0 Å². The Bertz CT molecular complexity index is 1860. The molecule has 1 fully saturated rings. The van der Waals surface area contributed by atoms with Crippen molar-refractivity contribution in [2.45, 2.75) is 0 Å². The molecule has 4 aromatic heterocycles. The van der Waals surface area contributed by atoms with Crippen molar-refractivity contribution in [2.75, 3.05) is 43.4 Å². The van der Waals surface area contributed by atoms with Gasteiger partial charge in [-0.05, 0) is 49.5 Å². The predicted octanol–water partition coefficient (Wildman–Crippen LogP) is 3.85. The van der Waals surface area contributed by atoms with E-state index in [0.29, 0.717) is 17.3 Å². The minimum atomic E-state index is -0.264. The summed E-state index contributed by atoms with van der Waals surface area (Å²) in [6.45, 7) is 4.20. The van der Waals surface area contributed by atoms with Gasteiger partial charge < -0.3 is 34.2 Å². The van der Waals surface area contributed by atoms with Gasteiger partial charge in [0.1, 0.15) is 5.82 Å². The Morgan fingerprint density at radius 2 is 1.57 bits per heavy atom. The predicted molar refractivity (Wildman–Crippen MR) is 156 cm³/mol. The van der Waals surface area contributed by atoms with E-state index in [0.717, 1.165) is 65.3 Å². The molecule has 6 aromatic rings. The third kappa shape index (κ3) is 4.30. The molecular weight excluding hydrogens is 504 g/mol. The van der Waals surface area contributed by atoms with Crippen LogP contribution in [0.4, 0.5) is 11.4 Å². The lowest BCUT2D eigenvalue weighted by molar-refractivity contribution is 0.101. The quantitative estimate of drug-likeness (QED) is 0.310. The van der Waals surface area contributed by atoms with E-state index in [1.165, 1.54) is 5.69 Å². The first kappa shape index (κ1) is 24.2. The highest BCUT2D eigenvalue weighted by molar-refractivity contribution is 6.02. The number of carbonyl (C=O) groups excluding carboxylic acids is 1. The maximum absolute atomic E-state index is 12.6. The molecule has 11 nitrogen and oxygen atoms in total. The van der Waals surface area contributed by atoms with E-state index in [2.05, 4.69) is 61.4 Å². The summed E-state index contributed by atoms with van der Waals surface area (Å²) < 4.78 is 3.62. The summed E-state index contributed by atoms with van der Waals surface area (Å²) in [5.74, 6) is 1.62. The van der Waals surface area contributed by atoms with E-state index in [1.807, 2.05) is 36.0 Å². The van der Waals surface area contributed by atoms with Gasteiger partial charge in [-0.1, -0.05) is 0 Å². The van der Waals surface area contributed by atoms with Crippen LogP contribution in [0.5, 0.6) is 0 Å². The molecule has 5 heterocycles. The minimum Gasteiger partial charge on any atom is -0.369 e. The Morgan fingerprint density at radius 1 is 0.850 bits per heavy atom. The fourth-order valence-electron chi connectivity index (χ4n) is 5.31. The average molecular weight is 535 g/mol. The molecule has 0 bridgehead atoms. The van der Waals surface area contributed by atoms with Crippen molar-refractivity contribution in [3.8, 4) is 22.9 Å². The normalized spacial score (nSPS) is 14.4. The number of fused-ring (bicyclic) bond motifs is 2. The summed E-state index contributed by atoms with van der Waals surface area (Å²) in [5, 5.41) is 2.92. The first-order chi connectivity index (χ1) is 19.4. The molecule has 0 saturated carbocycles. The Morgan fingerprint density at radius 3 is 2.35 bits per heavy atom. The van der Waals surface area contributed by atoms with Crippen molar-refractivity contribution in [2.24, 2.45) is 14.1 Å². The number of benzene rings is 2. The summed E-state index contributed by atoms with van der Waals surface area (Å²) in [5.41, 5.74) is 7.47. The summed E-state index contributed by atoms with van der Waals surface area (Å²) in [7, 11) is 5.89. The molecule has 0 unspecified atom stereocenters. The molecule has 2 aromatic carbocycles. The van der Waals surface area contributed by atoms with Gasteiger partial charge in [0.2, 0.25) is 0 Å². The Balaban J connectivity index is 1.14. The molecule has 1 saturated heterocycles. The largest absolute Gasteiger partial charge is 0.369 e. The second-order valence-electron chi connectivity index (χ2n) is 10.4. The maximum Gasteiger partial charge on any atom is 0.291 e. The number of carbonyl (C=O) groups is 1.